The van der Waals surface area contributed by atoms with E-state index in [9.17, 15) is 4.79 Å². The summed E-state index contributed by atoms with van der Waals surface area (Å²) in [5, 5.41) is 5.39. The molecular formula is C23H19N3OS. The first-order chi connectivity index (χ1) is 13.6. The second kappa shape index (κ2) is 6.46. The Morgan fingerprint density at radius 2 is 1.71 bits per heavy atom. The molecule has 0 aliphatic heterocycles. The van der Waals surface area contributed by atoms with Crippen LogP contribution in [-0.2, 0) is 13.6 Å². The van der Waals surface area contributed by atoms with Crippen molar-refractivity contribution >= 4 is 32.5 Å². The molecule has 4 nitrogen and oxygen atoms in total. The van der Waals surface area contributed by atoms with Gasteiger partial charge < -0.3 is 4.57 Å². The summed E-state index contributed by atoms with van der Waals surface area (Å²) in [7, 11) is 1.96. The number of fused-ring (bicyclic) bond motifs is 3. The fraction of sp³-hybridized carbons (Fsp3) is 0.130. The molecule has 5 aromatic rings. The molecule has 3 heterocycles. The van der Waals surface area contributed by atoms with Crippen LogP contribution in [0.2, 0.25) is 0 Å². The molecular weight excluding hydrogens is 366 g/mol. The number of aryl methyl sites for hydroxylation is 2. The molecule has 138 valence electrons. The second-order valence-corrected chi connectivity index (χ2v) is 8.32. The van der Waals surface area contributed by atoms with Crippen LogP contribution in [0.25, 0.3) is 32.2 Å². The summed E-state index contributed by atoms with van der Waals surface area (Å²) >= 11 is 1.71. The van der Waals surface area contributed by atoms with Crippen LogP contribution in [0.4, 0.5) is 0 Å². The molecule has 5 heteroatoms. The number of benzene rings is 2. The lowest BCUT2D eigenvalue weighted by molar-refractivity contribution is 0.644. The standard InChI is InChI=1S/C23H19N3OS/c1-15-12-20-22(28-15)19-13-24-26(23(27)21(19)25(20)2)14-16-8-10-18(11-9-16)17-6-4-3-5-7-17/h3-13H,14H2,1-2H3. The van der Waals surface area contributed by atoms with E-state index in [4.69, 9.17) is 0 Å². The average Bonchev–Trinajstić information content (AvgIpc) is 3.22. The molecule has 0 radical (unpaired) electrons. The molecule has 0 aliphatic rings. The molecule has 3 aromatic heterocycles. The highest BCUT2D eigenvalue weighted by Gasteiger charge is 2.16. The third-order valence-electron chi connectivity index (χ3n) is 5.19. The SMILES string of the molecule is Cc1cc2c(s1)c1cnn(Cc3ccc(-c4ccccc4)cc3)c(=O)c1n2C. The van der Waals surface area contributed by atoms with E-state index in [2.05, 4.69) is 54.5 Å². The molecule has 0 saturated carbocycles. The van der Waals surface area contributed by atoms with Gasteiger partial charge in [-0.3, -0.25) is 4.79 Å². The van der Waals surface area contributed by atoms with Gasteiger partial charge in [-0.15, -0.1) is 11.3 Å². The Balaban J connectivity index is 1.52. The van der Waals surface area contributed by atoms with Gasteiger partial charge in [0, 0.05) is 17.3 Å². The van der Waals surface area contributed by atoms with Crippen molar-refractivity contribution in [2.45, 2.75) is 13.5 Å². The highest BCUT2D eigenvalue weighted by molar-refractivity contribution is 7.20. The number of thiophene rings is 1. The van der Waals surface area contributed by atoms with Crippen LogP contribution < -0.4 is 5.56 Å². The third-order valence-corrected chi connectivity index (χ3v) is 6.26. The van der Waals surface area contributed by atoms with Crippen LogP contribution in [0.5, 0.6) is 0 Å². The van der Waals surface area contributed by atoms with E-state index in [0.717, 1.165) is 32.2 Å². The summed E-state index contributed by atoms with van der Waals surface area (Å²) in [6, 6.07) is 20.7. The Morgan fingerprint density at radius 1 is 1.00 bits per heavy atom. The minimum absolute atomic E-state index is 0.0480. The van der Waals surface area contributed by atoms with Gasteiger partial charge in [-0.05, 0) is 29.7 Å². The lowest BCUT2D eigenvalue weighted by Crippen LogP contribution is -2.24. The molecule has 0 saturated heterocycles. The molecule has 0 bridgehead atoms. The van der Waals surface area contributed by atoms with Gasteiger partial charge >= 0.3 is 0 Å². The fourth-order valence-corrected chi connectivity index (χ4v) is 4.80. The number of rotatable bonds is 3. The molecule has 0 fully saturated rings. The van der Waals surface area contributed by atoms with Crippen molar-refractivity contribution < 1.29 is 0 Å². The van der Waals surface area contributed by atoms with E-state index in [1.807, 2.05) is 36.0 Å². The predicted octanol–water partition coefficient (Wildman–Crippen LogP) is 4.97. The van der Waals surface area contributed by atoms with Crippen LogP contribution >= 0.6 is 11.3 Å². The van der Waals surface area contributed by atoms with Crippen molar-refractivity contribution in [3.63, 3.8) is 0 Å². The van der Waals surface area contributed by atoms with Crippen molar-refractivity contribution in [2.24, 2.45) is 7.05 Å². The molecule has 0 N–H and O–H groups in total. The number of aromatic nitrogens is 3. The van der Waals surface area contributed by atoms with Gasteiger partial charge in [-0.2, -0.15) is 5.10 Å². The summed E-state index contributed by atoms with van der Waals surface area (Å²) < 4.78 is 4.68. The first kappa shape index (κ1) is 17.0. The van der Waals surface area contributed by atoms with E-state index < -0.39 is 0 Å². The molecule has 5 rings (SSSR count). The van der Waals surface area contributed by atoms with E-state index in [-0.39, 0.29) is 5.56 Å². The average molecular weight is 385 g/mol. The van der Waals surface area contributed by atoms with Gasteiger partial charge in [0.25, 0.3) is 5.56 Å². The van der Waals surface area contributed by atoms with Gasteiger partial charge in [-0.25, -0.2) is 4.68 Å². The minimum Gasteiger partial charge on any atom is -0.338 e. The Hall–Kier alpha value is -3.18. The van der Waals surface area contributed by atoms with Gasteiger partial charge in [0.15, 0.2) is 0 Å². The summed E-state index contributed by atoms with van der Waals surface area (Å²) in [6.07, 6.45) is 1.83. The molecule has 0 atom stereocenters. The maximum absolute atomic E-state index is 13.1. The van der Waals surface area contributed by atoms with Gasteiger partial charge in [0.1, 0.15) is 5.52 Å². The third kappa shape index (κ3) is 2.67. The van der Waals surface area contributed by atoms with E-state index in [1.165, 1.54) is 10.4 Å². The molecule has 0 spiro atoms. The van der Waals surface area contributed by atoms with Crippen molar-refractivity contribution in [1.29, 1.82) is 0 Å². The smallest absolute Gasteiger partial charge is 0.291 e. The van der Waals surface area contributed by atoms with E-state index in [0.29, 0.717) is 6.54 Å². The Morgan fingerprint density at radius 3 is 2.46 bits per heavy atom. The largest absolute Gasteiger partial charge is 0.338 e. The Bertz CT molecular complexity index is 1360. The lowest BCUT2D eigenvalue weighted by Gasteiger charge is -2.07. The van der Waals surface area contributed by atoms with Crippen molar-refractivity contribution in [3.8, 4) is 11.1 Å². The van der Waals surface area contributed by atoms with Gasteiger partial charge in [-0.1, -0.05) is 54.6 Å². The summed E-state index contributed by atoms with van der Waals surface area (Å²) in [6.45, 7) is 2.55. The summed E-state index contributed by atoms with van der Waals surface area (Å²) in [4.78, 5) is 14.3. The van der Waals surface area contributed by atoms with Gasteiger partial charge in [0.2, 0.25) is 0 Å². The predicted molar refractivity (Wildman–Crippen MR) is 116 cm³/mol. The first-order valence-electron chi connectivity index (χ1n) is 9.21. The second-order valence-electron chi connectivity index (χ2n) is 7.06. The molecule has 0 aliphatic carbocycles. The minimum atomic E-state index is -0.0480. The maximum atomic E-state index is 13.1. The topological polar surface area (TPSA) is 39.8 Å². The van der Waals surface area contributed by atoms with Crippen LogP contribution in [0, 0.1) is 6.92 Å². The Kier molecular flexibility index (Phi) is 3.91. The number of nitrogens with zero attached hydrogens (tertiary/aromatic N) is 3. The van der Waals surface area contributed by atoms with Crippen LogP contribution in [0.3, 0.4) is 0 Å². The molecule has 0 unspecified atom stereocenters. The quantitative estimate of drug-likeness (QED) is 0.440. The maximum Gasteiger partial charge on any atom is 0.291 e. The number of hydrogen-bond donors (Lipinski definition) is 0. The summed E-state index contributed by atoms with van der Waals surface area (Å²) in [5.41, 5.74) is 5.18. The van der Waals surface area contributed by atoms with Crippen LogP contribution in [0.1, 0.15) is 10.4 Å². The first-order valence-corrected chi connectivity index (χ1v) is 10.0. The number of hydrogen-bond acceptors (Lipinski definition) is 3. The van der Waals surface area contributed by atoms with Crippen molar-refractivity contribution in [3.05, 3.63) is 87.7 Å². The molecule has 0 amide bonds. The monoisotopic (exact) mass is 385 g/mol. The van der Waals surface area contributed by atoms with E-state index in [1.54, 1.807) is 16.0 Å². The highest BCUT2D eigenvalue weighted by atomic mass is 32.1. The lowest BCUT2D eigenvalue weighted by atomic mass is 10.0. The zero-order valence-corrected chi connectivity index (χ0v) is 16.5. The molecule has 28 heavy (non-hydrogen) atoms. The normalized spacial score (nSPS) is 11.5. The molecule has 2 aromatic carbocycles. The Labute approximate surface area is 166 Å². The highest BCUT2D eigenvalue weighted by Crippen LogP contribution is 2.32. The zero-order valence-electron chi connectivity index (χ0n) is 15.7. The van der Waals surface area contributed by atoms with Crippen LogP contribution in [0.15, 0.2) is 71.7 Å². The fourth-order valence-electron chi connectivity index (χ4n) is 3.75. The van der Waals surface area contributed by atoms with Crippen molar-refractivity contribution in [2.75, 3.05) is 0 Å². The van der Waals surface area contributed by atoms with E-state index >= 15 is 0 Å². The van der Waals surface area contributed by atoms with Crippen LogP contribution in [-0.4, -0.2) is 14.3 Å². The van der Waals surface area contributed by atoms with Gasteiger partial charge in [0.05, 0.1) is 23.0 Å². The zero-order chi connectivity index (χ0) is 19.3. The van der Waals surface area contributed by atoms with Crippen molar-refractivity contribution in [1.82, 2.24) is 14.3 Å². The summed E-state index contributed by atoms with van der Waals surface area (Å²) in [5.74, 6) is 0.